The van der Waals surface area contributed by atoms with Crippen LogP contribution in [-0.4, -0.2) is 45.0 Å². The van der Waals surface area contributed by atoms with E-state index in [0.29, 0.717) is 22.4 Å². The Morgan fingerprint density at radius 1 is 1.38 bits per heavy atom. The number of benzene rings is 2. The average molecular weight is 440 g/mol. The second kappa shape index (κ2) is 7.34. The van der Waals surface area contributed by atoms with Gasteiger partial charge in [0.2, 0.25) is 0 Å². The van der Waals surface area contributed by atoms with E-state index >= 15 is 0 Å². The summed E-state index contributed by atoms with van der Waals surface area (Å²) >= 11 is 0. The Morgan fingerprint density at radius 3 is 2.97 bits per heavy atom. The predicted octanol–water partition coefficient (Wildman–Crippen LogP) is 3.58. The van der Waals surface area contributed by atoms with E-state index < -0.39 is 37.5 Å². The van der Waals surface area contributed by atoms with Crippen molar-refractivity contribution in [3.05, 3.63) is 58.9 Å². The fourth-order valence-electron chi connectivity index (χ4n) is 4.41. The van der Waals surface area contributed by atoms with E-state index in [2.05, 4.69) is 16.8 Å². The van der Waals surface area contributed by atoms with Crippen LogP contribution in [0.5, 0.6) is 5.75 Å². The van der Waals surface area contributed by atoms with Gasteiger partial charge in [0, 0.05) is 34.2 Å². The van der Waals surface area contributed by atoms with Crippen LogP contribution in [0.15, 0.2) is 36.4 Å². The zero-order chi connectivity index (χ0) is 25.1. The van der Waals surface area contributed by atoms with Gasteiger partial charge in [-0.15, -0.1) is 0 Å². The van der Waals surface area contributed by atoms with E-state index in [9.17, 15) is 18.4 Å². The lowest BCUT2D eigenvalue weighted by molar-refractivity contribution is -0.135. The molecule has 0 fully saturated rings. The fraction of sp³-hybridized carbons (Fsp3) is 0.261. The molecule has 32 heavy (non-hydrogen) atoms. The summed E-state index contributed by atoms with van der Waals surface area (Å²) in [5.41, 5.74) is 1.67. The van der Waals surface area contributed by atoms with Crippen LogP contribution in [-0.2, 0) is 4.79 Å². The summed E-state index contributed by atoms with van der Waals surface area (Å²) in [6, 6.07) is 7.43. The lowest BCUT2D eigenvalue weighted by Gasteiger charge is -2.24. The highest BCUT2D eigenvalue weighted by molar-refractivity contribution is 5.97. The number of carbonyl (C=O) groups is 2. The number of rotatable bonds is 3. The molecule has 3 heterocycles. The molecule has 0 unspecified atom stereocenters. The summed E-state index contributed by atoms with van der Waals surface area (Å²) in [4.78, 5) is 29.5. The molecule has 3 aromatic rings. The molecule has 1 aromatic heterocycles. The summed E-state index contributed by atoms with van der Waals surface area (Å²) in [6.07, 6.45) is -0.238. The van der Waals surface area contributed by atoms with Gasteiger partial charge in [0.15, 0.2) is 0 Å². The summed E-state index contributed by atoms with van der Waals surface area (Å²) in [5.74, 6) is 3.54. The Labute approximate surface area is 185 Å². The van der Waals surface area contributed by atoms with Crippen molar-refractivity contribution in [2.24, 2.45) is 0 Å². The number of imidazole rings is 1. The van der Waals surface area contributed by atoms with Gasteiger partial charge in [-0.25, -0.2) is 4.98 Å². The molecule has 1 amide bonds. The van der Waals surface area contributed by atoms with Crippen molar-refractivity contribution in [2.45, 2.75) is 31.5 Å². The van der Waals surface area contributed by atoms with Gasteiger partial charge in [-0.1, -0.05) is 17.9 Å². The van der Waals surface area contributed by atoms with Crippen LogP contribution in [0.3, 0.4) is 0 Å². The van der Waals surface area contributed by atoms with E-state index in [0.717, 1.165) is 4.90 Å². The highest BCUT2D eigenvalue weighted by Gasteiger charge is 2.44. The number of nitrogens with zero attached hydrogens (tertiary/aromatic N) is 3. The van der Waals surface area contributed by atoms with Gasteiger partial charge < -0.3 is 19.3 Å². The van der Waals surface area contributed by atoms with E-state index in [1.807, 2.05) is 0 Å². The first-order valence-corrected chi connectivity index (χ1v) is 9.70. The number of ether oxygens (including phenoxy) is 1. The molecule has 2 atom stereocenters. The van der Waals surface area contributed by atoms with E-state index in [1.165, 1.54) is 18.2 Å². The van der Waals surface area contributed by atoms with E-state index in [4.69, 9.17) is 14.0 Å². The van der Waals surface area contributed by atoms with Crippen molar-refractivity contribution >= 4 is 22.9 Å². The van der Waals surface area contributed by atoms with Crippen LogP contribution in [0, 0.1) is 11.8 Å². The minimum absolute atomic E-state index is 0.0309. The van der Waals surface area contributed by atoms with E-state index in [-0.39, 0.29) is 29.7 Å². The molecular formula is C23H17F2N3O4. The molecule has 2 aromatic carbocycles. The molecule has 0 saturated heterocycles. The third-order valence-electron chi connectivity index (χ3n) is 5.62. The molecule has 9 heteroatoms. The molecule has 162 valence electrons. The standard InChI is InChI=1S/C23H17F2N3O4/c1-27-17-11-16(20-13(22(27)31)5-3-6-18(20)32-23(24)25)28-15-10-12(4-2-7-19(29)30)8-9-14(15)26-21(17)28/h3,5-6,8-10,16-17,23H,7,11H2,1H3,(H,29,30)/t16-,17-/m1/s1/i1D3. The van der Waals surface area contributed by atoms with Gasteiger partial charge >= 0.3 is 12.6 Å². The molecule has 1 N–H and O–H groups in total. The normalized spacial score (nSPS) is 20.5. The highest BCUT2D eigenvalue weighted by Crippen LogP contribution is 2.49. The van der Waals surface area contributed by atoms with Crippen LogP contribution in [0.2, 0.25) is 0 Å². The maximum atomic E-state index is 13.4. The zero-order valence-electron chi connectivity index (χ0n) is 19.4. The van der Waals surface area contributed by atoms with Gasteiger partial charge in [0.1, 0.15) is 18.0 Å². The first kappa shape index (κ1) is 16.7. The number of hydrogen-bond donors (Lipinski definition) is 1. The molecule has 0 saturated carbocycles. The van der Waals surface area contributed by atoms with Crippen molar-refractivity contribution in [3.63, 3.8) is 0 Å². The number of carbonyl (C=O) groups excluding carboxylic acids is 1. The molecule has 5 rings (SSSR count). The zero-order valence-corrected chi connectivity index (χ0v) is 16.4. The quantitative estimate of drug-likeness (QED) is 0.630. The molecule has 2 aliphatic heterocycles. The van der Waals surface area contributed by atoms with E-state index in [1.54, 1.807) is 22.8 Å². The first-order chi connectivity index (χ1) is 16.6. The van der Waals surface area contributed by atoms with Gasteiger partial charge in [-0.3, -0.25) is 9.59 Å². The van der Waals surface area contributed by atoms with Crippen molar-refractivity contribution in [1.82, 2.24) is 14.5 Å². The number of aliphatic carboxylic acids is 1. The molecule has 0 radical (unpaired) electrons. The van der Waals surface area contributed by atoms with Crippen molar-refractivity contribution in [3.8, 4) is 17.6 Å². The number of carboxylic acid groups (broad SMARTS) is 1. The van der Waals surface area contributed by atoms with Gasteiger partial charge in [0.25, 0.3) is 5.91 Å². The monoisotopic (exact) mass is 440 g/mol. The largest absolute Gasteiger partial charge is 0.481 e. The van der Waals surface area contributed by atoms with Crippen LogP contribution in [0.25, 0.3) is 11.0 Å². The maximum Gasteiger partial charge on any atom is 0.387 e. The van der Waals surface area contributed by atoms with Gasteiger partial charge in [-0.05, 0) is 30.3 Å². The number of alkyl halides is 2. The minimum Gasteiger partial charge on any atom is -0.481 e. The van der Waals surface area contributed by atoms with Crippen LogP contribution < -0.4 is 4.74 Å². The number of carboxylic acids is 1. The second-order valence-electron chi connectivity index (χ2n) is 7.45. The number of aromatic nitrogens is 2. The van der Waals surface area contributed by atoms with Gasteiger partial charge in [-0.2, -0.15) is 8.78 Å². The molecule has 2 aliphatic rings. The Morgan fingerprint density at radius 2 is 2.22 bits per heavy atom. The average Bonchev–Trinajstić information content (AvgIpc) is 3.25. The Hall–Kier alpha value is -3.93. The van der Waals surface area contributed by atoms with Crippen molar-refractivity contribution < 1.29 is 32.3 Å². The van der Waals surface area contributed by atoms with Crippen LogP contribution in [0.1, 0.15) is 56.3 Å². The summed E-state index contributed by atoms with van der Waals surface area (Å²) in [7, 11) is 0. The molecule has 0 aliphatic carbocycles. The summed E-state index contributed by atoms with van der Waals surface area (Å²) in [6.45, 7) is -5.96. The number of halogens is 2. The maximum absolute atomic E-state index is 13.4. The molecule has 2 bridgehead atoms. The van der Waals surface area contributed by atoms with Crippen molar-refractivity contribution in [2.75, 3.05) is 6.98 Å². The van der Waals surface area contributed by atoms with Gasteiger partial charge in [0.05, 0.1) is 23.1 Å². The molecule has 7 nitrogen and oxygen atoms in total. The Balaban J connectivity index is 1.76. The van der Waals surface area contributed by atoms with Crippen molar-refractivity contribution in [1.29, 1.82) is 0 Å². The molecular weight excluding hydrogens is 420 g/mol. The lowest BCUT2D eigenvalue weighted by Crippen LogP contribution is -2.30. The fourth-order valence-corrected chi connectivity index (χ4v) is 4.41. The second-order valence-corrected chi connectivity index (χ2v) is 7.45. The predicted molar refractivity (Wildman–Crippen MR) is 110 cm³/mol. The SMILES string of the molecule is [2H]C([2H])([2H])N1C(=O)c2cccc(OC(F)F)c2[C@H]2C[C@@H]1c1nc3ccc(C#CCC(=O)O)cc3n12. The van der Waals surface area contributed by atoms with Crippen LogP contribution >= 0.6 is 0 Å². The number of amides is 1. The summed E-state index contributed by atoms with van der Waals surface area (Å²) < 4.78 is 57.0. The third kappa shape index (κ3) is 3.07. The number of hydrogen-bond acceptors (Lipinski definition) is 4. The number of fused-ring (bicyclic) bond motifs is 9. The highest BCUT2D eigenvalue weighted by atomic mass is 19.3. The summed E-state index contributed by atoms with van der Waals surface area (Å²) in [5, 5.41) is 8.82. The van der Waals surface area contributed by atoms with Crippen LogP contribution in [0.4, 0.5) is 8.78 Å². The smallest absolute Gasteiger partial charge is 0.387 e. The minimum atomic E-state index is -3.15. The third-order valence-corrected chi connectivity index (χ3v) is 5.62. The lowest BCUT2D eigenvalue weighted by atomic mass is 9.97. The molecule has 0 spiro atoms. The Bertz CT molecular complexity index is 1440. The topological polar surface area (TPSA) is 84.7 Å². The first-order valence-electron chi connectivity index (χ1n) is 11.2. The Kier molecular flexibility index (Phi) is 3.84.